The summed E-state index contributed by atoms with van der Waals surface area (Å²) in [7, 11) is 0. The summed E-state index contributed by atoms with van der Waals surface area (Å²) in [6.45, 7) is 0.0746. The van der Waals surface area contributed by atoms with Crippen molar-refractivity contribution in [3.05, 3.63) is 66.0 Å². The number of halogens is 1. The van der Waals surface area contributed by atoms with Crippen molar-refractivity contribution >= 4 is 11.7 Å². The highest BCUT2D eigenvalue weighted by molar-refractivity contribution is 5.89. The van der Waals surface area contributed by atoms with Gasteiger partial charge in [0.25, 0.3) is 0 Å². The van der Waals surface area contributed by atoms with Crippen LogP contribution in [0.5, 0.6) is 0 Å². The quantitative estimate of drug-likeness (QED) is 0.802. The number of hydrogen-bond donors (Lipinski definition) is 3. The molecule has 0 saturated heterocycles. The van der Waals surface area contributed by atoms with E-state index in [2.05, 4.69) is 10.6 Å². The summed E-state index contributed by atoms with van der Waals surface area (Å²) in [5.41, 5.74) is 1.08. The van der Waals surface area contributed by atoms with E-state index in [0.29, 0.717) is 5.69 Å². The molecule has 0 aliphatic heterocycles. The van der Waals surface area contributed by atoms with Crippen LogP contribution in [0.4, 0.5) is 14.9 Å². The molecule has 0 bridgehead atoms. The molecule has 5 heteroatoms. The number of carbonyl (C=O) groups is 1. The molecule has 2 aromatic carbocycles. The Kier molecular flexibility index (Phi) is 4.68. The van der Waals surface area contributed by atoms with E-state index < -0.39 is 18.0 Å². The van der Waals surface area contributed by atoms with Crippen LogP contribution in [0.3, 0.4) is 0 Å². The summed E-state index contributed by atoms with van der Waals surface area (Å²) in [6, 6.07) is 14.1. The Balaban J connectivity index is 1.83. The fourth-order valence-electron chi connectivity index (χ4n) is 1.72. The van der Waals surface area contributed by atoms with Gasteiger partial charge in [0.15, 0.2) is 0 Å². The van der Waals surface area contributed by atoms with Crippen molar-refractivity contribution in [3.63, 3.8) is 0 Å². The number of benzene rings is 2. The predicted molar refractivity (Wildman–Crippen MR) is 74.8 cm³/mol. The highest BCUT2D eigenvalue weighted by Gasteiger charge is 2.09. The molecule has 2 aromatic rings. The molecule has 0 heterocycles. The smallest absolute Gasteiger partial charge is 0.319 e. The summed E-state index contributed by atoms with van der Waals surface area (Å²) in [6.07, 6.45) is -0.783. The molecule has 0 aliphatic rings. The molecule has 1 atom stereocenters. The lowest BCUT2D eigenvalue weighted by Gasteiger charge is -2.12. The van der Waals surface area contributed by atoms with Gasteiger partial charge in [0.1, 0.15) is 5.82 Å². The van der Waals surface area contributed by atoms with Gasteiger partial charge in [0, 0.05) is 12.2 Å². The van der Waals surface area contributed by atoms with Gasteiger partial charge in [-0.1, -0.05) is 36.4 Å². The molecular weight excluding hydrogens is 259 g/mol. The lowest BCUT2D eigenvalue weighted by Crippen LogP contribution is -2.32. The van der Waals surface area contributed by atoms with Crippen LogP contribution in [-0.2, 0) is 0 Å². The van der Waals surface area contributed by atoms with Gasteiger partial charge in [-0.05, 0) is 23.8 Å². The van der Waals surface area contributed by atoms with Gasteiger partial charge < -0.3 is 15.7 Å². The Morgan fingerprint density at radius 2 is 1.90 bits per heavy atom. The number of aliphatic hydroxyl groups excluding tert-OH is 1. The van der Waals surface area contributed by atoms with E-state index in [1.54, 1.807) is 18.2 Å². The Hall–Kier alpha value is -2.40. The number of carbonyl (C=O) groups excluding carboxylic acids is 1. The minimum Gasteiger partial charge on any atom is -0.387 e. The highest BCUT2D eigenvalue weighted by atomic mass is 19.1. The van der Waals surface area contributed by atoms with Gasteiger partial charge >= 0.3 is 6.03 Å². The zero-order valence-corrected chi connectivity index (χ0v) is 10.7. The van der Waals surface area contributed by atoms with Crippen molar-refractivity contribution in [1.29, 1.82) is 0 Å². The average Bonchev–Trinajstić information content (AvgIpc) is 2.46. The average molecular weight is 274 g/mol. The lowest BCUT2D eigenvalue weighted by molar-refractivity contribution is 0.175. The SMILES string of the molecule is O=C(NCC(O)c1ccccc1)Nc1cccc(F)c1. The molecule has 1 unspecified atom stereocenters. The molecule has 104 valence electrons. The predicted octanol–water partition coefficient (Wildman–Crippen LogP) is 2.68. The lowest BCUT2D eigenvalue weighted by atomic mass is 10.1. The number of nitrogens with one attached hydrogen (secondary N) is 2. The zero-order valence-electron chi connectivity index (χ0n) is 10.7. The number of anilines is 1. The van der Waals surface area contributed by atoms with E-state index >= 15 is 0 Å². The molecule has 0 aromatic heterocycles. The minimum atomic E-state index is -0.783. The van der Waals surface area contributed by atoms with Crippen molar-refractivity contribution in [3.8, 4) is 0 Å². The van der Waals surface area contributed by atoms with Crippen molar-refractivity contribution in [2.24, 2.45) is 0 Å². The Morgan fingerprint density at radius 3 is 2.60 bits per heavy atom. The van der Waals surface area contributed by atoms with E-state index in [-0.39, 0.29) is 6.54 Å². The standard InChI is InChI=1S/C15H15FN2O2/c16-12-7-4-8-13(9-12)18-15(20)17-10-14(19)11-5-2-1-3-6-11/h1-9,14,19H,10H2,(H2,17,18,20). The van der Waals surface area contributed by atoms with Crippen LogP contribution in [0.1, 0.15) is 11.7 Å². The first-order valence-electron chi connectivity index (χ1n) is 6.18. The van der Waals surface area contributed by atoms with Crippen LogP contribution < -0.4 is 10.6 Å². The molecule has 4 nitrogen and oxygen atoms in total. The van der Waals surface area contributed by atoms with Crippen molar-refractivity contribution in [1.82, 2.24) is 5.32 Å². The number of hydrogen-bond acceptors (Lipinski definition) is 2. The molecule has 0 spiro atoms. The monoisotopic (exact) mass is 274 g/mol. The van der Waals surface area contributed by atoms with Gasteiger partial charge in [-0.2, -0.15) is 0 Å². The number of rotatable bonds is 4. The molecular formula is C15H15FN2O2. The van der Waals surface area contributed by atoms with E-state index in [9.17, 15) is 14.3 Å². The first-order valence-corrected chi connectivity index (χ1v) is 6.18. The van der Waals surface area contributed by atoms with Crippen molar-refractivity contribution in [2.45, 2.75) is 6.10 Å². The maximum atomic E-state index is 12.9. The maximum Gasteiger partial charge on any atom is 0.319 e. The summed E-state index contributed by atoms with van der Waals surface area (Å²) < 4.78 is 12.9. The molecule has 3 N–H and O–H groups in total. The molecule has 20 heavy (non-hydrogen) atoms. The molecule has 2 rings (SSSR count). The molecule has 0 radical (unpaired) electrons. The Morgan fingerprint density at radius 1 is 1.15 bits per heavy atom. The normalized spacial score (nSPS) is 11.7. The summed E-state index contributed by atoms with van der Waals surface area (Å²) in [5.74, 6) is -0.424. The van der Waals surface area contributed by atoms with E-state index in [4.69, 9.17) is 0 Å². The molecule has 0 saturated carbocycles. The molecule has 2 amide bonds. The summed E-state index contributed by atoms with van der Waals surface area (Å²) >= 11 is 0. The Bertz CT molecular complexity index is 575. The van der Waals surface area contributed by atoms with Crippen LogP contribution in [-0.4, -0.2) is 17.7 Å². The first kappa shape index (κ1) is 14.0. The van der Waals surface area contributed by atoms with E-state index in [0.717, 1.165) is 5.56 Å². The topological polar surface area (TPSA) is 61.4 Å². The van der Waals surface area contributed by atoms with Crippen molar-refractivity contribution < 1.29 is 14.3 Å². The third kappa shape index (κ3) is 4.07. The highest BCUT2D eigenvalue weighted by Crippen LogP contribution is 2.11. The summed E-state index contributed by atoms with van der Waals surface area (Å²) in [4.78, 5) is 11.6. The van der Waals surface area contributed by atoms with Gasteiger partial charge in [-0.25, -0.2) is 9.18 Å². The third-order valence-electron chi connectivity index (χ3n) is 2.72. The number of amides is 2. The second-order valence-electron chi connectivity index (χ2n) is 4.27. The summed E-state index contributed by atoms with van der Waals surface area (Å²) in [5, 5.41) is 14.9. The minimum absolute atomic E-state index is 0.0746. The van der Waals surface area contributed by atoms with Gasteiger partial charge in [0.2, 0.25) is 0 Å². The Labute approximate surface area is 116 Å². The fraction of sp³-hybridized carbons (Fsp3) is 0.133. The first-order chi connectivity index (χ1) is 9.65. The largest absolute Gasteiger partial charge is 0.387 e. The van der Waals surface area contributed by atoms with Crippen molar-refractivity contribution in [2.75, 3.05) is 11.9 Å². The fourth-order valence-corrected chi connectivity index (χ4v) is 1.72. The van der Waals surface area contributed by atoms with Gasteiger partial charge in [-0.15, -0.1) is 0 Å². The van der Waals surface area contributed by atoms with Crippen LogP contribution in [0.15, 0.2) is 54.6 Å². The zero-order chi connectivity index (χ0) is 14.4. The van der Waals surface area contributed by atoms with Crippen LogP contribution in [0.2, 0.25) is 0 Å². The van der Waals surface area contributed by atoms with E-state index in [1.165, 1.54) is 18.2 Å². The van der Waals surface area contributed by atoms with Crippen LogP contribution in [0.25, 0.3) is 0 Å². The van der Waals surface area contributed by atoms with Gasteiger partial charge in [0.05, 0.1) is 6.10 Å². The maximum absolute atomic E-state index is 12.9. The third-order valence-corrected chi connectivity index (χ3v) is 2.72. The van der Waals surface area contributed by atoms with Crippen LogP contribution >= 0.6 is 0 Å². The second-order valence-corrected chi connectivity index (χ2v) is 4.27. The number of aliphatic hydroxyl groups is 1. The second kappa shape index (κ2) is 6.68. The van der Waals surface area contributed by atoms with Crippen LogP contribution in [0, 0.1) is 5.82 Å². The molecule has 0 fully saturated rings. The van der Waals surface area contributed by atoms with E-state index in [1.807, 2.05) is 18.2 Å². The van der Waals surface area contributed by atoms with Gasteiger partial charge in [-0.3, -0.25) is 0 Å². The number of urea groups is 1. The molecule has 0 aliphatic carbocycles.